The zero-order valence-electron chi connectivity index (χ0n) is 11.1. The first kappa shape index (κ1) is 12.7. The highest BCUT2D eigenvalue weighted by Crippen LogP contribution is 2.44. The number of hydrogen-bond acceptors (Lipinski definition) is 1. The molecule has 1 atom stereocenters. The maximum absolute atomic E-state index is 2.52. The first-order valence-corrected chi connectivity index (χ1v) is 6.75. The summed E-state index contributed by atoms with van der Waals surface area (Å²) in [6, 6.07) is 16.3. The molecule has 2 heteroatoms. The number of fused-ring (bicyclic) bond motifs is 2. The lowest BCUT2D eigenvalue weighted by atomic mass is 9.77. The molecular weight excluding hydrogens is 254 g/mol. The molecule has 1 heterocycles. The SMILES string of the molecule is CN1CCc2cccc3c2C1Cc1ccccc1-3.Cl. The number of rotatable bonds is 0. The molecule has 0 N–H and O–H groups in total. The highest BCUT2D eigenvalue weighted by molar-refractivity contribution is 5.85. The Morgan fingerprint density at radius 1 is 0.947 bits per heavy atom. The Balaban J connectivity index is 0.00000110. The third kappa shape index (κ3) is 1.80. The molecule has 4 rings (SSSR count). The van der Waals surface area contributed by atoms with Gasteiger partial charge in [0.1, 0.15) is 0 Å². The van der Waals surface area contributed by atoms with Crippen LogP contribution >= 0.6 is 12.4 Å². The predicted molar refractivity (Wildman–Crippen MR) is 81.9 cm³/mol. The summed E-state index contributed by atoms with van der Waals surface area (Å²) in [5, 5.41) is 0. The van der Waals surface area contributed by atoms with E-state index in [4.69, 9.17) is 0 Å². The van der Waals surface area contributed by atoms with Gasteiger partial charge in [-0.25, -0.2) is 0 Å². The first-order valence-electron chi connectivity index (χ1n) is 6.75. The summed E-state index contributed by atoms with van der Waals surface area (Å²) in [5.41, 5.74) is 7.56. The molecule has 0 saturated heterocycles. The van der Waals surface area contributed by atoms with Crippen LogP contribution in [0.3, 0.4) is 0 Å². The van der Waals surface area contributed by atoms with E-state index in [1.54, 1.807) is 11.1 Å². The molecule has 0 aromatic heterocycles. The molecule has 0 saturated carbocycles. The summed E-state index contributed by atoms with van der Waals surface area (Å²) in [5.74, 6) is 0. The first-order chi connectivity index (χ1) is 8.84. The Bertz CT molecular complexity index is 620. The summed E-state index contributed by atoms with van der Waals surface area (Å²) >= 11 is 0. The highest BCUT2D eigenvalue weighted by Gasteiger charge is 2.31. The van der Waals surface area contributed by atoms with E-state index in [0.717, 1.165) is 6.42 Å². The Labute approximate surface area is 120 Å². The van der Waals surface area contributed by atoms with Crippen LogP contribution in [0, 0.1) is 0 Å². The Morgan fingerprint density at radius 3 is 2.58 bits per heavy atom. The van der Waals surface area contributed by atoms with Crippen LogP contribution in [0.4, 0.5) is 0 Å². The molecule has 2 aromatic rings. The molecule has 98 valence electrons. The van der Waals surface area contributed by atoms with Gasteiger partial charge in [-0.05, 0) is 47.7 Å². The zero-order valence-corrected chi connectivity index (χ0v) is 11.9. The maximum Gasteiger partial charge on any atom is 0.0394 e. The van der Waals surface area contributed by atoms with Gasteiger partial charge in [-0.15, -0.1) is 12.4 Å². The lowest BCUT2D eigenvalue weighted by molar-refractivity contribution is 0.228. The normalized spacial score (nSPS) is 20.2. The molecule has 2 aromatic carbocycles. The maximum atomic E-state index is 2.52. The standard InChI is InChI=1S/C17H17N.ClH/c1-18-10-9-12-6-4-8-15-14-7-3-2-5-13(14)11-16(18)17(12)15;/h2-8,16H,9-11H2,1H3;1H. The number of hydrogen-bond donors (Lipinski definition) is 0. The molecule has 1 aliphatic heterocycles. The van der Waals surface area contributed by atoms with Gasteiger partial charge in [0.05, 0.1) is 0 Å². The van der Waals surface area contributed by atoms with E-state index in [9.17, 15) is 0 Å². The Morgan fingerprint density at radius 2 is 1.68 bits per heavy atom. The molecule has 1 nitrogen and oxygen atoms in total. The van der Waals surface area contributed by atoms with E-state index in [0.29, 0.717) is 6.04 Å². The summed E-state index contributed by atoms with van der Waals surface area (Å²) in [6.45, 7) is 1.18. The molecule has 0 amide bonds. The van der Waals surface area contributed by atoms with Crippen molar-refractivity contribution in [2.24, 2.45) is 0 Å². The molecule has 19 heavy (non-hydrogen) atoms. The van der Waals surface area contributed by atoms with Crippen molar-refractivity contribution >= 4 is 12.4 Å². The summed E-state index contributed by atoms with van der Waals surface area (Å²) in [4.78, 5) is 2.52. The Hall–Kier alpha value is -1.31. The molecule has 0 spiro atoms. The van der Waals surface area contributed by atoms with E-state index in [1.807, 2.05) is 0 Å². The lowest BCUT2D eigenvalue weighted by Gasteiger charge is -2.39. The third-order valence-electron chi connectivity index (χ3n) is 4.52. The van der Waals surface area contributed by atoms with Gasteiger partial charge in [-0.3, -0.25) is 4.90 Å². The molecular formula is C17H18ClN. The third-order valence-corrected chi connectivity index (χ3v) is 4.52. The van der Waals surface area contributed by atoms with Crippen molar-refractivity contribution in [3.63, 3.8) is 0 Å². The quantitative estimate of drug-likeness (QED) is 0.703. The molecule has 1 unspecified atom stereocenters. The average molecular weight is 272 g/mol. The fraction of sp³-hybridized carbons (Fsp3) is 0.294. The van der Waals surface area contributed by atoms with Crippen LogP contribution in [-0.2, 0) is 12.8 Å². The number of halogens is 1. The van der Waals surface area contributed by atoms with Crippen LogP contribution in [0.2, 0.25) is 0 Å². The topological polar surface area (TPSA) is 3.24 Å². The van der Waals surface area contributed by atoms with Gasteiger partial charge in [0.2, 0.25) is 0 Å². The predicted octanol–water partition coefficient (Wildman–Crippen LogP) is 3.86. The van der Waals surface area contributed by atoms with Gasteiger partial charge >= 0.3 is 0 Å². The second-order valence-electron chi connectivity index (χ2n) is 5.49. The second-order valence-corrected chi connectivity index (χ2v) is 5.49. The molecule has 0 radical (unpaired) electrons. The van der Waals surface area contributed by atoms with Crippen molar-refractivity contribution in [3.05, 3.63) is 59.2 Å². The van der Waals surface area contributed by atoms with Crippen molar-refractivity contribution in [1.29, 1.82) is 0 Å². The fourth-order valence-corrected chi connectivity index (χ4v) is 3.56. The fourth-order valence-electron chi connectivity index (χ4n) is 3.56. The van der Waals surface area contributed by atoms with Crippen molar-refractivity contribution in [3.8, 4) is 11.1 Å². The summed E-state index contributed by atoms with van der Waals surface area (Å²) in [6.07, 6.45) is 2.36. The van der Waals surface area contributed by atoms with Gasteiger partial charge < -0.3 is 0 Å². The number of benzene rings is 2. The summed E-state index contributed by atoms with van der Waals surface area (Å²) < 4.78 is 0. The largest absolute Gasteiger partial charge is 0.299 e. The van der Waals surface area contributed by atoms with Gasteiger partial charge in [-0.1, -0.05) is 42.5 Å². The minimum Gasteiger partial charge on any atom is -0.299 e. The van der Waals surface area contributed by atoms with E-state index in [1.165, 1.54) is 29.7 Å². The van der Waals surface area contributed by atoms with E-state index >= 15 is 0 Å². The number of likely N-dealkylation sites (N-methyl/N-ethyl adjacent to an activating group) is 1. The van der Waals surface area contributed by atoms with E-state index in [2.05, 4.69) is 54.4 Å². The van der Waals surface area contributed by atoms with Crippen LogP contribution in [-0.4, -0.2) is 18.5 Å². The van der Waals surface area contributed by atoms with Crippen LogP contribution < -0.4 is 0 Å². The van der Waals surface area contributed by atoms with Gasteiger partial charge in [0.25, 0.3) is 0 Å². The lowest BCUT2D eigenvalue weighted by Crippen LogP contribution is -2.35. The number of nitrogens with zero attached hydrogens (tertiary/aromatic N) is 1. The van der Waals surface area contributed by atoms with Crippen molar-refractivity contribution < 1.29 is 0 Å². The van der Waals surface area contributed by atoms with Crippen molar-refractivity contribution in [2.75, 3.05) is 13.6 Å². The van der Waals surface area contributed by atoms with Crippen LogP contribution in [0.5, 0.6) is 0 Å². The van der Waals surface area contributed by atoms with Gasteiger partial charge in [0, 0.05) is 12.6 Å². The van der Waals surface area contributed by atoms with Gasteiger partial charge in [0.15, 0.2) is 0 Å². The molecule has 0 fully saturated rings. The highest BCUT2D eigenvalue weighted by atomic mass is 35.5. The zero-order chi connectivity index (χ0) is 12.1. The summed E-state index contributed by atoms with van der Waals surface area (Å²) in [7, 11) is 2.26. The van der Waals surface area contributed by atoms with Crippen LogP contribution in [0.15, 0.2) is 42.5 Å². The van der Waals surface area contributed by atoms with Crippen molar-refractivity contribution in [1.82, 2.24) is 4.90 Å². The second kappa shape index (κ2) is 4.66. The van der Waals surface area contributed by atoms with Crippen LogP contribution in [0.1, 0.15) is 22.7 Å². The average Bonchev–Trinajstić information content (AvgIpc) is 2.43. The Kier molecular flexibility index (Phi) is 3.12. The van der Waals surface area contributed by atoms with Crippen molar-refractivity contribution in [2.45, 2.75) is 18.9 Å². The minimum absolute atomic E-state index is 0. The van der Waals surface area contributed by atoms with E-state index in [-0.39, 0.29) is 12.4 Å². The molecule has 2 aliphatic rings. The molecule has 1 aliphatic carbocycles. The molecule has 0 bridgehead atoms. The van der Waals surface area contributed by atoms with Gasteiger partial charge in [-0.2, -0.15) is 0 Å². The van der Waals surface area contributed by atoms with Crippen LogP contribution in [0.25, 0.3) is 11.1 Å². The van der Waals surface area contributed by atoms with E-state index < -0.39 is 0 Å². The minimum atomic E-state index is 0. The smallest absolute Gasteiger partial charge is 0.0394 e. The monoisotopic (exact) mass is 271 g/mol.